The summed E-state index contributed by atoms with van der Waals surface area (Å²) >= 11 is 0. The molecule has 0 saturated heterocycles. The maximum absolute atomic E-state index is 11.6. The molecule has 1 atom stereocenters. The van der Waals surface area contributed by atoms with Crippen molar-refractivity contribution in [1.82, 2.24) is 25.5 Å². The first-order valence-electron chi connectivity index (χ1n) is 7.40. The normalized spacial score (nSPS) is 12.5. The number of carbonyl (C=O) groups excluding carboxylic acids is 1. The number of carbonyl (C=O) groups is 1. The largest absolute Gasteiger partial charge is 0.444 e. The molecule has 23 heavy (non-hydrogen) atoms. The van der Waals surface area contributed by atoms with Crippen LogP contribution < -0.4 is 10.6 Å². The Balaban J connectivity index is 1.81. The van der Waals surface area contributed by atoms with Crippen molar-refractivity contribution in [1.29, 1.82) is 0 Å². The van der Waals surface area contributed by atoms with Gasteiger partial charge >= 0.3 is 6.09 Å². The third kappa shape index (κ3) is 5.57. The van der Waals surface area contributed by atoms with Gasteiger partial charge in [0.25, 0.3) is 0 Å². The number of hydrogen-bond donors (Lipinski definition) is 2. The lowest BCUT2D eigenvalue weighted by Crippen LogP contribution is -2.38. The van der Waals surface area contributed by atoms with Crippen molar-refractivity contribution in [2.45, 2.75) is 39.3 Å². The first-order chi connectivity index (χ1) is 10.8. The number of amides is 1. The summed E-state index contributed by atoms with van der Waals surface area (Å²) in [6, 6.07) is 7.74. The molecule has 0 aliphatic carbocycles. The van der Waals surface area contributed by atoms with Crippen LogP contribution in [0.2, 0.25) is 0 Å². The predicted molar refractivity (Wildman–Crippen MR) is 86.5 cm³/mol. The summed E-state index contributed by atoms with van der Waals surface area (Å²) in [5.74, 6) is 0. The molecule has 0 spiro atoms. The average Bonchev–Trinajstić information content (AvgIpc) is 2.98. The molecular formula is C15H22N6O2. The second-order valence-electron chi connectivity index (χ2n) is 6.23. The van der Waals surface area contributed by atoms with E-state index in [1.165, 1.54) is 6.33 Å². The molecule has 1 aromatic carbocycles. The molecule has 2 aromatic rings. The van der Waals surface area contributed by atoms with Crippen LogP contribution >= 0.6 is 0 Å². The average molecular weight is 318 g/mol. The highest BCUT2D eigenvalue weighted by Crippen LogP contribution is 2.13. The molecule has 124 valence electrons. The number of nitrogens with zero attached hydrogens (tertiary/aromatic N) is 4. The van der Waals surface area contributed by atoms with Gasteiger partial charge in [-0.2, -0.15) is 0 Å². The van der Waals surface area contributed by atoms with Crippen LogP contribution in [0.3, 0.4) is 0 Å². The van der Waals surface area contributed by atoms with E-state index in [-0.39, 0.29) is 6.04 Å². The molecule has 1 aromatic heterocycles. The quantitative estimate of drug-likeness (QED) is 0.875. The smallest absolute Gasteiger partial charge is 0.407 e. The molecule has 0 fully saturated rings. The van der Waals surface area contributed by atoms with Gasteiger partial charge in [0.1, 0.15) is 11.9 Å². The Morgan fingerprint density at radius 1 is 1.30 bits per heavy atom. The van der Waals surface area contributed by atoms with Gasteiger partial charge < -0.3 is 15.4 Å². The van der Waals surface area contributed by atoms with Crippen molar-refractivity contribution in [3.63, 3.8) is 0 Å². The van der Waals surface area contributed by atoms with Gasteiger partial charge in [-0.05, 0) is 62.4 Å². The lowest BCUT2D eigenvalue weighted by molar-refractivity contribution is 0.0526. The van der Waals surface area contributed by atoms with Gasteiger partial charge in [0.15, 0.2) is 0 Å². The molecule has 1 unspecified atom stereocenters. The van der Waals surface area contributed by atoms with E-state index in [0.29, 0.717) is 6.54 Å². The van der Waals surface area contributed by atoms with Gasteiger partial charge in [0, 0.05) is 18.3 Å². The van der Waals surface area contributed by atoms with Crippen LogP contribution in [0.25, 0.3) is 5.69 Å². The minimum absolute atomic E-state index is 0.0569. The van der Waals surface area contributed by atoms with Crippen LogP contribution in [0.15, 0.2) is 30.6 Å². The summed E-state index contributed by atoms with van der Waals surface area (Å²) in [5.41, 5.74) is 1.33. The summed E-state index contributed by atoms with van der Waals surface area (Å²) < 4.78 is 6.78. The minimum Gasteiger partial charge on any atom is -0.444 e. The SMILES string of the molecule is CC(CNC(=O)OC(C)(C)C)Nc1ccc(-n2cnnn2)cc1. The van der Waals surface area contributed by atoms with Crippen LogP contribution in [0.4, 0.5) is 10.5 Å². The third-order valence-electron chi connectivity index (χ3n) is 2.85. The molecule has 8 heteroatoms. The summed E-state index contributed by atoms with van der Waals surface area (Å²) in [6.45, 7) is 7.94. The number of rotatable bonds is 5. The van der Waals surface area contributed by atoms with Gasteiger partial charge in [0.05, 0.1) is 5.69 Å². The van der Waals surface area contributed by atoms with E-state index in [2.05, 4.69) is 26.2 Å². The number of tetrazole rings is 1. The van der Waals surface area contributed by atoms with Crippen molar-refractivity contribution in [2.24, 2.45) is 0 Å². The standard InChI is InChI=1S/C15H22N6O2/c1-11(9-16-14(22)23-15(2,3)4)18-12-5-7-13(8-6-12)21-10-17-19-20-21/h5-8,10-11,18H,9H2,1-4H3,(H,16,22). The monoisotopic (exact) mass is 318 g/mol. The molecule has 0 aliphatic rings. The van der Waals surface area contributed by atoms with Crippen LogP contribution in [0.5, 0.6) is 0 Å². The van der Waals surface area contributed by atoms with Gasteiger partial charge in [0.2, 0.25) is 0 Å². The van der Waals surface area contributed by atoms with E-state index in [1.54, 1.807) is 4.68 Å². The number of alkyl carbamates (subject to hydrolysis) is 1. The van der Waals surface area contributed by atoms with E-state index >= 15 is 0 Å². The summed E-state index contributed by atoms with van der Waals surface area (Å²) in [5, 5.41) is 17.1. The molecule has 0 saturated carbocycles. The zero-order chi connectivity index (χ0) is 16.9. The molecule has 0 aliphatic heterocycles. The molecular weight excluding hydrogens is 296 g/mol. The van der Waals surface area contributed by atoms with Crippen molar-refractivity contribution < 1.29 is 9.53 Å². The van der Waals surface area contributed by atoms with E-state index in [9.17, 15) is 4.79 Å². The fourth-order valence-electron chi connectivity index (χ4n) is 1.88. The highest BCUT2D eigenvalue weighted by Gasteiger charge is 2.16. The highest BCUT2D eigenvalue weighted by molar-refractivity contribution is 5.67. The van der Waals surface area contributed by atoms with E-state index in [0.717, 1.165) is 11.4 Å². The molecule has 0 radical (unpaired) electrons. The van der Waals surface area contributed by atoms with E-state index in [4.69, 9.17) is 4.74 Å². The van der Waals surface area contributed by atoms with Gasteiger partial charge in [-0.3, -0.25) is 0 Å². The molecule has 8 nitrogen and oxygen atoms in total. The first-order valence-corrected chi connectivity index (χ1v) is 7.40. The number of hydrogen-bond acceptors (Lipinski definition) is 6. The number of nitrogens with one attached hydrogen (secondary N) is 2. The highest BCUT2D eigenvalue weighted by atomic mass is 16.6. The fraction of sp³-hybridized carbons (Fsp3) is 0.467. The zero-order valence-corrected chi connectivity index (χ0v) is 13.8. The van der Waals surface area contributed by atoms with Gasteiger partial charge in [-0.1, -0.05) is 0 Å². The van der Waals surface area contributed by atoms with Crippen molar-refractivity contribution in [2.75, 3.05) is 11.9 Å². The lowest BCUT2D eigenvalue weighted by atomic mass is 10.2. The number of anilines is 1. The molecule has 1 heterocycles. The Bertz CT molecular complexity index is 618. The number of ether oxygens (including phenoxy) is 1. The second kappa shape index (κ2) is 7.08. The van der Waals surface area contributed by atoms with Crippen LogP contribution in [0.1, 0.15) is 27.7 Å². The summed E-state index contributed by atoms with van der Waals surface area (Å²) in [6.07, 6.45) is 1.12. The Labute approximate surface area is 135 Å². The van der Waals surface area contributed by atoms with Crippen LogP contribution in [-0.2, 0) is 4.74 Å². The maximum atomic E-state index is 11.6. The predicted octanol–water partition coefficient (Wildman–Crippen LogP) is 1.99. The lowest BCUT2D eigenvalue weighted by Gasteiger charge is -2.21. The Hall–Kier alpha value is -2.64. The summed E-state index contributed by atoms with van der Waals surface area (Å²) in [4.78, 5) is 11.6. The third-order valence-corrected chi connectivity index (χ3v) is 2.85. The van der Waals surface area contributed by atoms with Crippen molar-refractivity contribution in [3.8, 4) is 5.69 Å². The Morgan fingerprint density at radius 2 is 2.00 bits per heavy atom. The van der Waals surface area contributed by atoms with Crippen molar-refractivity contribution >= 4 is 11.8 Å². The zero-order valence-electron chi connectivity index (χ0n) is 13.8. The first kappa shape index (κ1) is 16.7. The Kier molecular flexibility index (Phi) is 5.15. The second-order valence-corrected chi connectivity index (χ2v) is 6.23. The topological polar surface area (TPSA) is 94.0 Å². The molecule has 2 rings (SSSR count). The van der Waals surface area contributed by atoms with Gasteiger partial charge in [-0.25, -0.2) is 9.48 Å². The fourth-order valence-corrected chi connectivity index (χ4v) is 1.88. The molecule has 1 amide bonds. The van der Waals surface area contributed by atoms with E-state index in [1.807, 2.05) is 52.0 Å². The van der Waals surface area contributed by atoms with Crippen LogP contribution in [0, 0.1) is 0 Å². The Morgan fingerprint density at radius 3 is 2.57 bits per heavy atom. The number of aromatic nitrogens is 4. The number of benzene rings is 1. The summed E-state index contributed by atoms with van der Waals surface area (Å²) in [7, 11) is 0. The van der Waals surface area contributed by atoms with Crippen LogP contribution in [-0.4, -0.2) is 44.5 Å². The van der Waals surface area contributed by atoms with Gasteiger partial charge in [-0.15, -0.1) is 5.10 Å². The maximum Gasteiger partial charge on any atom is 0.407 e. The molecule has 2 N–H and O–H groups in total. The molecule has 0 bridgehead atoms. The van der Waals surface area contributed by atoms with E-state index < -0.39 is 11.7 Å². The van der Waals surface area contributed by atoms with Crippen molar-refractivity contribution in [3.05, 3.63) is 30.6 Å². The minimum atomic E-state index is -0.493.